The summed E-state index contributed by atoms with van der Waals surface area (Å²) in [6.07, 6.45) is -4.39. The first-order chi connectivity index (χ1) is 11.4. The second-order valence-corrected chi connectivity index (χ2v) is 5.26. The van der Waals surface area contributed by atoms with E-state index in [0.717, 1.165) is 17.8 Å². The molecule has 0 fully saturated rings. The molecule has 1 N–H and O–H groups in total. The maximum absolute atomic E-state index is 12.9. The van der Waals surface area contributed by atoms with E-state index in [-0.39, 0.29) is 0 Å². The second kappa shape index (κ2) is 6.31. The third-order valence-corrected chi connectivity index (χ3v) is 3.37. The predicted molar refractivity (Wildman–Crippen MR) is 86.9 cm³/mol. The Labute approximate surface area is 137 Å². The molecule has 3 nitrogen and oxygen atoms in total. The van der Waals surface area contributed by atoms with Crippen LogP contribution < -0.4 is 5.32 Å². The van der Waals surface area contributed by atoms with Crippen LogP contribution in [-0.4, -0.2) is 9.97 Å². The van der Waals surface area contributed by atoms with Gasteiger partial charge in [0.1, 0.15) is 11.6 Å². The fourth-order valence-corrected chi connectivity index (χ4v) is 2.30. The van der Waals surface area contributed by atoms with E-state index in [1.807, 2.05) is 30.3 Å². The molecule has 0 radical (unpaired) electrons. The van der Waals surface area contributed by atoms with Crippen LogP contribution in [0, 0.1) is 6.92 Å². The zero-order valence-corrected chi connectivity index (χ0v) is 12.8. The number of rotatable bonds is 3. The molecule has 122 valence electrons. The Morgan fingerprint density at radius 1 is 0.875 bits per heavy atom. The summed E-state index contributed by atoms with van der Waals surface area (Å²) in [7, 11) is 0. The van der Waals surface area contributed by atoms with Gasteiger partial charge in [-0.2, -0.15) is 13.2 Å². The lowest BCUT2D eigenvalue weighted by molar-refractivity contribution is -0.137. The minimum atomic E-state index is -4.39. The molecule has 0 saturated heterocycles. The summed E-state index contributed by atoms with van der Waals surface area (Å²) in [5.41, 5.74) is 0.970. The number of aryl methyl sites for hydroxylation is 1. The first-order valence-electron chi connectivity index (χ1n) is 7.27. The number of alkyl halides is 3. The zero-order valence-electron chi connectivity index (χ0n) is 12.8. The summed E-state index contributed by atoms with van der Waals surface area (Å²) in [6.45, 7) is 1.70. The van der Waals surface area contributed by atoms with Gasteiger partial charge in [-0.05, 0) is 31.2 Å². The van der Waals surface area contributed by atoms with Gasteiger partial charge in [0.2, 0.25) is 0 Å². The largest absolute Gasteiger partial charge is 0.416 e. The fraction of sp³-hybridized carbons (Fsp3) is 0.111. The predicted octanol–water partition coefficient (Wildman–Crippen LogP) is 5.21. The summed E-state index contributed by atoms with van der Waals surface area (Å²) in [4.78, 5) is 8.53. The Morgan fingerprint density at radius 3 is 2.33 bits per heavy atom. The number of halogens is 3. The summed E-state index contributed by atoms with van der Waals surface area (Å²) in [5.74, 6) is 1.00. The quantitative estimate of drug-likeness (QED) is 0.716. The average Bonchev–Trinajstić information content (AvgIpc) is 2.54. The molecule has 3 rings (SSSR count). The van der Waals surface area contributed by atoms with Crippen molar-refractivity contribution in [3.8, 4) is 11.3 Å². The first kappa shape index (κ1) is 16.0. The van der Waals surface area contributed by atoms with E-state index >= 15 is 0 Å². The lowest BCUT2D eigenvalue weighted by atomic mass is 10.1. The number of anilines is 2. The number of hydrogen-bond acceptors (Lipinski definition) is 3. The highest BCUT2D eigenvalue weighted by atomic mass is 19.4. The van der Waals surface area contributed by atoms with E-state index in [1.165, 1.54) is 6.07 Å². The van der Waals surface area contributed by atoms with Crippen LogP contribution in [0.15, 0.2) is 60.7 Å². The van der Waals surface area contributed by atoms with Gasteiger partial charge in [-0.15, -0.1) is 0 Å². The number of nitrogens with one attached hydrogen (secondary N) is 1. The summed E-state index contributed by atoms with van der Waals surface area (Å²) < 4.78 is 38.7. The van der Waals surface area contributed by atoms with Crippen LogP contribution in [-0.2, 0) is 6.18 Å². The van der Waals surface area contributed by atoms with Crippen LogP contribution >= 0.6 is 0 Å². The lowest BCUT2D eigenvalue weighted by Crippen LogP contribution is -2.05. The molecule has 0 amide bonds. The topological polar surface area (TPSA) is 37.8 Å². The van der Waals surface area contributed by atoms with Crippen molar-refractivity contribution in [2.75, 3.05) is 5.32 Å². The molecular formula is C18H14F3N3. The van der Waals surface area contributed by atoms with Crippen LogP contribution in [0.1, 0.15) is 11.4 Å². The van der Waals surface area contributed by atoms with Gasteiger partial charge in [0, 0.05) is 17.3 Å². The van der Waals surface area contributed by atoms with Gasteiger partial charge in [-0.3, -0.25) is 0 Å². The lowest BCUT2D eigenvalue weighted by Gasteiger charge is -2.11. The molecule has 0 aliphatic carbocycles. The summed E-state index contributed by atoms with van der Waals surface area (Å²) >= 11 is 0. The number of benzene rings is 2. The highest BCUT2D eigenvalue weighted by Crippen LogP contribution is 2.32. The second-order valence-electron chi connectivity index (χ2n) is 5.26. The monoisotopic (exact) mass is 329 g/mol. The number of aromatic nitrogens is 2. The summed E-state index contributed by atoms with van der Waals surface area (Å²) in [5, 5.41) is 3.13. The van der Waals surface area contributed by atoms with E-state index < -0.39 is 11.7 Å². The van der Waals surface area contributed by atoms with Crippen molar-refractivity contribution >= 4 is 11.5 Å². The molecule has 0 aliphatic heterocycles. The molecule has 24 heavy (non-hydrogen) atoms. The average molecular weight is 329 g/mol. The first-order valence-corrected chi connectivity index (χ1v) is 7.27. The Hall–Kier alpha value is -2.89. The molecule has 0 atom stereocenters. The van der Waals surface area contributed by atoms with Gasteiger partial charge in [0.15, 0.2) is 0 Å². The van der Waals surface area contributed by atoms with Gasteiger partial charge >= 0.3 is 6.18 Å². The normalized spacial score (nSPS) is 11.3. The molecule has 1 aromatic heterocycles. The van der Waals surface area contributed by atoms with Crippen LogP contribution in [0.25, 0.3) is 11.3 Å². The van der Waals surface area contributed by atoms with Crippen LogP contribution in [0.5, 0.6) is 0 Å². The molecule has 0 spiro atoms. The maximum Gasteiger partial charge on any atom is 0.416 e. The molecule has 2 aromatic carbocycles. The van der Waals surface area contributed by atoms with Crippen molar-refractivity contribution in [3.05, 3.63) is 72.1 Å². The number of hydrogen-bond donors (Lipinski definition) is 1. The Bertz CT molecular complexity index is 846. The zero-order chi connectivity index (χ0) is 17.2. The highest BCUT2D eigenvalue weighted by molar-refractivity contribution is 5.66. The minimum absolute atomic E-state index is 0.395. The van der Waals surface area contributed by atoms with Crippen molar-refractivity contribution in [2.24, 2.45) is 0 Å². The Kier molecular flexibility index (Phi) is 4.20. The van der Waals surface area contributed by atoms with E-state index in [1.54, 1.807) is 19.1 Å². The number of nitrogens with zero attached hydrogens (tertiary/aromatic N) is 2. The summed E-state index contributed by atoms with van der Waals surface area (Å²) in [6, 6.07) is 16.1. The molecule has 0 saturated carbocycles. The molecule has 1 heterocycles. The standard InChI is InChI=1S/C18H14F3N3/c1-12-22-16(13-6-5-7-14(10-13)18(19,20)21)11-17(23-12)24-15-8-3-2-4-9-15/h2-11H,1H3,(H,22,23,24). The van der Waals surface area contributed by atoms with Crippen molar-refractivity contribution in [1.82, 2.24) is 9.97 Å². The van der Waals surface area contributed by atoms with E-state index in [4.69, 9.17) is 0 Å². The van der Waals surface area contributed by atoms with Gasteiger partial charge in [0.05, 0.1) is 11.3 Å². The van der Waals surface area contributed by atoms with Gasteiger partial charge in [0.25, 0.3) is 0 Å². The van der Waals surface area contributed by atoms with Crippen LogP contribution in [0.3, 0.4) is 0 Å². The van der Waals surface area contributed by atoms with Gasteiger partial charge in [-0.1, -0.05) is 30.3 Å². The molecule has 0 aliphatic rings. The fourth-order valence-electron chi connectivity index (χ4n) is 2.30. The van der Waals surface area contributed by atoms with Crippen LogP contribution in [0.4, 0.5) is 24.7 Å². The van der Waals surface area contributed by atoms with Crippen molar-refractivity contribution < 1.29 is 13.2 Å². The SMILES string of the molecule is Cc1nc(Nc2ccccc2)cc(-c2cccc(C(F)(F)F)c2)n1. The van der Waals surface area contributed by atoms with Crippen LogP contribution in [0.2, 0.25) is 0 Å². The van der Waals surface area contributed by atoms with E-state index in [9.17, 15) is 13.2 Å². The van der Waals surface area contributed by atoms with Crippen molar-refractivity contribution in [2.45, 2.75) is 13.1 Å². The molecule has 0 bridgehead atoms. The number of para-hydroxylation sites is 1. The van der Waals surface area contributed by atoms with Crippen molar-refractivity contribution in [1.29, 1.82) is 0 Å². The molecule has 3 aromatic rings. The van der Waals surface area contributed by atoms with Gasteiger partial charge < -0.3 is 5.32 Å². The smallest absolute Gasteiger partial charge is 0.340 e. The van der Waals surface area contributed by atoms with E-state index in [0.29, 0.717) is 22.9 Å². The maximum atomic E-state index is 12.9. The van der Waals surface area contributed by atoms with Gasteiger partial charge in [-0.25, -0.2) is 9.97 Å². The molecule has 0 unspecified atom stereocenters. The highest BCUT2D eigenvalue weighted by Gasteiger charge is 2.30. The molecule has 6 heteroatoms. The third kappa shape index (κ3) is 3.71. The Morgan fingerprint density at radius 2 is 1.62 bits per heavy atom. The molecular weight excluding hydrogens is 315 g/mol. The van der Waals surface area contributed by atoms with E-state index in [2.05, 4.69) is 15.3 Å². The van der Waals surface area contributed by atoms with Crippen molar-refractivity contribution in [3.63, 3.8) is 0 Å². The third-order valence-electron chi connectivity index (χ3n) is 3.37. The minimum Gasteiger partial charge on any atom is -0.340 e. The Balaban J connectivity index is 1.97.